The summed E-state index contributed by atoms with van der Waals surface area (Å²) in [6.07, 6.45) is 8.16. The molecule has 9 rings (SSSR count). The zero-order valence-corrected chi connectivity index (χ0v) is 25.9. The van der Waals surface area contributed by atoms with Gasteiger partial charge in [0.15, 0.2) is 0 Å². The third-order valence-electron chi connectivity index (χ3n) is 9.84. The molecule has 0 amide bonds. The van der Waals surface area contributed by atoms with E-state index in [1.807, 2.05) is 12.1 Å². The Morgan fingerprint density at radius 3 is 1.32 bits per heavy atom. The number of rotatable bonds is 7. The number of unbranched alkanes of at least 4 members (excludes halogenated alkanes) is 1. The molecule has 3 aromatic carbocycles. The fraction of sp³-hybridized carbons (Fsp3) is 0.514. The molecule has 6 aliphatic rings. The van der Waals surface area contributed by atoms with E-state index >= 15 is 0 Å². The van der Waals surface area contributed by atoms with Crippen molar-refractivity contribution in [1.82, 2.24) is 16.0 Å². The molecule has 4 N–H and O–H groups in total. The Hall–Kier alpha value is -2.78. The van der Waals surface area contributed by atoms with Gasteiger partial charge in [-0.1, -0.05) is 86.1 Å². The highest BCUT2D eigenvalue weighted by atomic mass is 16.5. The summed E-state index contributed by atoms with van der Waals surface area (Å²) < 4.78 is 17.8. The Bertz CT molecular complexity index is 1250. The average molecular weight is 597 g/mol. The molecule has 0 unspecified atom stereocenters. The van der Waals surface area contributed by atoms with Crippen molar-refractivity contribution in [2.24, 2.45) is 0 Å². The molecule has 0 saturated carbocycles. The number of nitrogens with one attached hydrogen (secondary N) is 4. The normalized spacial score (nSPS) is 33.9. The lowest BCUT2D eigenvalue weighted by Crippen LogP contribution is -2.33. The molecule has 9 atom stereocenters. The minimum Gasteiger partial charge on any atom is -0.385 e. The first kappa shape index (κ1) is 29.9. The standard InChI is InChI=1S/C15H22N2O.2C11H13NO/c1-2-3-8-16-12-6-4-11(5-7-12)15-14-9-13(18-15)10-17-14;2*1-2-4-8(5-3-1)11-10-6-9(13-11)7-12-10/h4-7,13-17H,2-3,8-10H2,1H3;2*1-5,9-12H,6-7H2/t13-,14-,15+;2*9-,10-,11+/m010/s1. The molecule has 234 valence electrons. The number of ether oxygens (including phenoxy) is 3. The second-order valence-corrected chi connectivity index (χ2v) is 13.0. The fourth-order valence-corrected chi connectivity index (χ4v) is 7.53. The van der Waals surface area contributed by atoms with Crippen molar-refractivity contribution in [3.8, 4) is 0 Å². The Labute approximate surface area is 262 Å². The van der Waals surface area contributed by atoms with Crippen LogP contribution in [0.3, 0.4) is 0 Å². The van der Waals surface area contributed by atoms with Crippen LogP contribution in [0.1, 0.15) is 74.0 Å². The average Bonchev–Trinajstić information content (AvgIpc) is 3.96. The van der Waals surface area contributed by atoms with E-state index in [2.05, 4.69) is 101 Å². The number of hydrogen-bond donors (Lipinski definition) is 4. The van der Waals surface area contributed by atoms with Gasteiger partial charge in [-0.25, -0.2) is 0 Å². The summed E-state index contributed by atoms with van der Waals surface area (Å²) in [5, 5.41) is 13.9. The van der Waals surface area contributed by atoms with Crippen LogP contribution in [-0.4, -0.2) is 62.6 Å². The minimum atomic E-state index is 0.258. The molecule has 6 fully saturated rings. The van der Waals surface area contributed by atoms with Gasteiger partial charge in [-0.2, -0.15) is 0 Å². The summed E-state index contributed by atoms with van der Waals surface area (Å²) in [7, 11) is 0. The number of fused-ring (bicyclic) bond motifs is 6. The number of benzene rings is 3. The lowest BCUT2D eigenvalue weighted by Gasteiger charge is -2.23. The van der Waals surface area contributed by atoms with Gasteiger partial charge in [-0.05, 0) is 54.5 Å². The van der Waals surface area contributed by atoms with E-state index in [1.54, 1.807) is 0 Å². The van der Waals surface area contributed by atoms with Crippen molar-refractivity contribution in [3.05, 3.63) is 102 Å². The topological polar surface area (TPSA) is 75.8 Å². The van der Waals surface area contributed by atoms with E-state index in [1.165, 1.54) is 54.5 Å². The lowest BCUT2D eigenvalue weighted by atomic mass is 10.0. The quantitative estimate of drug-likeness (QED) is 0.262. The molecule has 0 aliphatic carbocycles. The first-order valence-electron chi connectivity index (χ1n) is 16.8. The monoisotopic (exact) mass is 596 g/mol. The minimum absolute atomic E-state index is 0.258. The highest BCUT2D eigenvalue weighted by Crippen LogP contribution is 2.38. The maximum absolute atomic E-state index is 6.00. The summed E-state index contributed by atoms with van der Waals surface area (Å²) in [6.45, 7) is 6.37. The predicted molar refractivity (Wildman–Crippen MR) is 175 cm³/mol. The van der Waals surface area contributed by atoms with E-state index in [0.29, 0.717) is 48.6 Å². The van der Waals surface area contributed by atoms with E-state index in [-0.39, 0.29) is 6.10 Å². The maximum atomic E-state index is 6.00. The van der Waals surface area contributed by atoms with Crippen LogP contribution in [0, 0.1) is 0 Å². The van der Waals surface area contributed by atoms with Gasteiger partial charge in [0.25, 0.3) is 0 Å². The highest BCUT2D eigenvalue weighted by molar-refractivity contribution is 5.45. The van der Waals surface area contributed by atoms with Crippen LogP contribution in [0.4, 0.5) is 5.69 Å². The molecule has 6 aliphatic heterocycles. The lowest BCUT2D eigenvalue weighted by molar-refractivity contribution is 0.0159. The Morgan fingerprint density at radius 2 is 0.977 bits per heavy atom. The summed E-state index contributed by atoms with van der Waals surface area (Å²) in [6, 6.07) is 31.3. The van der Waals surface area contributed by atoms with Crippen molar-refractivity contribution in [2.45, 2.75) is 93.8 Å². The molecule has 44 heavy (non-hydrogen) atoms. The van der Waals surface area contributed by atoms with Crippen LogP contribution in [-0.2, 0) is 14.2 Å². The molecule has 0 radical (unpaired) electrons. The molecule has 6 saturated heterocycles. The first-order chi connectivity index (χ1) is 21.7. The largest absolute Gasteiger partial charge is 0.385 e. The third-order valence-corrected chi connectivity index (χ3v) is 9.84. The van der Waals surface area contributed by atoms with Crippen molar-refractivity contribution < 1.29 is 14.2 Å². The van der Waals surface area contributed by atoms with Gasteiger partial charge in [-0.3, -0.25) is 0 Å². The molecule has 6 bridgehead atoms. The molecular weight excluding hydrogens is 548 g/mol. The Morgan fingerprint density at radius 1 is 0.568 bits per heavy atom. The summed E-state index contributed by atoms with van der Waals surface area (Å²) in [5.41, 5.74) is 5.13. The van der Waals surface area contributed by atoms with Crippen molar-refractivity contribution in [1.29, 1.82) is 0 Å². The number of hydrogen-bond acceptors (Lipinski definition) is 7. The Balaban J connectivity index is 0.000000109. The molecular formula is C37H48N4O3. The fourth-order valence-electron chi connectivity index (χ4n) is 7.53. The van der Waals surface area contributed by atoms with E-state index in [4.69, 9.17) is 14.2 Å². The van der Waals surface area contributed by atoms with E-state index in [0.717, 1.165) is 26.2 Å². The van der Waals surface area contributed by atoms with Crippen LogP contribution in [0.2, 0.25) is 0 Å². The van der Waals surface area contributed by atoms with Crippen molar-refractivity contribution >= 4 is 5.69 Å². The van der Waals surface area contributed by atoms with Gasteiger partial charge in [0.2, 0.25) is 0 Å². The second-order valence-electron chi connectivity index (χ2n) is 13.0. The van der Waals surface area contributed by atoms with Crippen LogP contribution in [0.5, 0.6) is 0 Å². The summed E-state index contributed by atoms with van der Waals surface area (Å²) >= 11 is 0. The van der Waals surface area contributed by atoms with Crippen LogP contribution in [0.15, 0.2) is 84.9 Å². The van der Waals surface area contributed by atoms with Crippen molar-refractivity contribution in [2.75, 3.05) is 31.5 Å². The van der Waals surface area contributed by atoms with Crippen molar-refractivity contribution in [3.63, 3.8) is 0 Å². The van der Waals surface area contributed by atoms with Crippen LogP contribution >= 0.6 is 0 Å². The number of anilines is 1. The van der Waals surface area contributed by atoms with E-state index in [9.17, 15) is 0 Å². The zero-order chi connectivity index (χ0) is 29.7. The second kappa shape index (κ2) is 14.1. The van der Waals surface area contributed by atoms with E-state index < -0.39 is 0 Å². The maximum Gasteiger partial charge on any atom is 0.0983 e. The molecule has 7 heteroatoms. The van der Waals surface area contributed by atoms with Gasteiger partial charge in [0.05, 0.1) is 36.6 Å². The van der Waals surface area contributed by atoms with Gasteiger partial charge < -0.3 is 35.5 Å². The number of morpholine rings is 3. The van der Waals surface area contributed by atoms with Crippen LogP contribution < -0.4 is 21.3 Å². The zero-order valence-electron chi connectivity index (χ0n) is 25.9. The summed E-state index contributed by atoms with van der Waals surface area (Å²) in [4.78, 5) is 0. The Kier molecular flexibility index (Phi) is 9.59. The highest BCUT2D eigenvalue weighted by Gasteiger charge is 2.42. The first-order valence-corrected chi connectivity index (χ1v) is 16.8. The smallest absolute Gasteiger partial charge is 0.0983 e. The van der Waals surface area contributed by atoms with Gasteiger partial charge >= 0.3 is 0 Å². The molecule has 0 spiro atoms. The molecule has 6 heterocycles. The molecule has 7 nitrogen and oxygen atoms in total. The molecule has 3 aromatic rings. The van der Waals surface area contributed by atoms with Gasteiger partial charge in [-0.15, -0.1) is 0 Å². The SMILES string of the molecule is CCCCNc1ccc([C@H]2O[C@@H]3CN[C@H]2C3)cc1.c1ccc([C@@H]2O[C@H]3CN[C@@H]2C3)cc1.c1ccc([C@H]2O[C@@H]3CN[C@H]2C3)cc1. The third kappa shape index (κ3) is 6.89. The van der Waals surface area contributed by atoms with Crippen LogP contribution in [0.25, 0.3) is 0 Å². The van der Waals surface area contributed by atoms with Gasteiger partial charge in [0, 0.05) is 50.0 Å². The summed E-state index contributed by atoms with van der Waals surface area (Å²) in [5.74, 6) is 0. The molecule has 0 aromatic heterocycles. The predicted octanol–water partition coefficient (Wildman–Crippen LogP) is 5.68. The van der Waals surface area contributed by atoms with Gasteiger partial charge in [0.1, 0.15) is 0 Å².